The third-order valence-electron chi connectivity index (χ3n) is 5.95. The molecule has 0 fully saturated rings. The predicted molar refractivity (Wildman–Crippen MR) is 130 cm³/mol. The number of nitrogens with zero attached hydrogens (tertiary/aromatic N) is 7. The van der Waals surface area contributed by atoms with Gasteiger partial charge in [-0.05, 0) is 42.2 Å². The minimum absolute atomic E-state index is 0.169. The number of benzene rings is 1. The Morgan fingerprint density at radius 1 is 1.12 bits per heavy atom. The number of hydrogen-bond donors (Lipinski definition) is 1. The lowest BCUT2D eigenvalue weighted by Crippen LogP contribution is -2.12. The second kappa shape index (κ2) is 8.26. The molecule has 0 saturated heterocycles. The van der Waals surface area contributed by atoms with E-state index in [-0.39, 0.29) is 5.92 Å². The third-order valence-corrected chi connectivity index (χ3v) is 5.95. The van der Waals surface area contributed by atoms with E-state index in [1.807, 2.05) is 53.8 Å². The number of hydrogen-bond acceptors (Lipinski definition) is 5. The maximum Gasteiger partial charge on any atom is 0.248 e. The number of primary amides is 1. The minimum atomic E-state index is -0.445. The van der Waals surface area contributed by atoms with Crippen molar-refractivity contribution in [2.75, 3.05) is 0 Å². The molecule has 0 aliphatic carbocycles. The average Bonchev–Trinajstić information content (AvgIpc) is 3.56. The summed E-state index contributed by atoms with van der Waals surface area (Å²) in [5.74, 6) is -0.276. The second-order valence-corrected chi connectivity index (χ2v) is 8.61. The summed E-state index contributed by atoms with van der Waals surface area (Å²) < 4.78 is 5.63. The fraction of sp³-hybridized carbons (Fsp3) is 0.240. The molecule has 9 nitrogen and oxygen atoms in total. The SMILES string of the molecule is CCc1cc(C(N)=O)ccc1-n1nc(C(C)C)c2c(-n3cnc(-c4cnn(C)c4)c3)ccnc21. The van der Waals surface area contributed by atoms with Crippen molar-refractivity contribution in [2.24, 2.45) is 12.8 Å². The molecule has 0 spiro atoms. The van der Waals surface area contributed by atoms with E-state index < -0.39 is 5.91 Å². The molecule has 1 aromatic carbocycles. The molecule has 172 valence electrons. The summed E-state index contributed by atoms with van der Waals surface area (Å²) in [4.78, 5) is 21.0. The van der Waals surface area contributed by atoms with Crippen molar-refractivity contribution in [3.05, 3.63) is 72.2 Å². The van der Waals surface area contributed by atoms with Crippen LogP contribution >= 0.6 is 0 Å². The lowest BCUT2D eigenvalue weighted by molar-refractivity contribution is 0.1000. The smallest absolute Gasteiger partial charge is 0.248 e. The van der Waals surface area contributed by atoms with E-state index in [1.54, 1.807) is 29.5 Å². The summed E-state index contributed by atoms with van der Waals surface area (Å²) in [7, 11) is 1.89. The Morgan fingerprint density at radius 2 is 1.94 bits per heavy atom. The van der Waals surface area contributed by atoms with Gasteiger partial charge < -0.3 is 10.3 Å². The van der Waals surface area contributed by atoms with Crippen LogP contribution in [0.25, 0.3) is 33.7 Å². The van der Waals surface area contributed by atoms with Crippen LogP contribution in [0.1, 0.15) is 48.3 Å². The fourth-order valence-corrected chi connectivity index (χ4v) is 4.23. The van der Waals surface area contributed by atoms with Crippen LogP contribution in [0.15, 0.2) is 55.4 Å². The summed E-state index contributed by atoms with van der Waals surface area (Å²) in [6, 6.07) is 7.44. The molecular formula is C25H26N8O. The molecular weight excluding hydrogens is 428 g/mol. The molecule has 34 heavy (non-hydrogen) atoms. The Balaban J connectivity index is 1.71. The highest BCUT2D eigenvalue weighted by molar-refractivity contribution is 5.93. The van der Waals surface area contributed by atoms with E-state index in [9.17, 15) is 4.79 Å². The second-order valence-electron chi connectivity index (χ2n) is 8.61. The first-order valence-electron chi connectivity index (χ1n) is 11.2. The molecule has 5 aromatic rings. The Kier molecular flexibility index (Phi) is 5.24. The van der Waals surface area contributed by atoms with Gasteiger partial charge in [0.15, 0.2) is 5.65 Å². The number of carbonyl (C=O) groups excluding carboxylic acids is 1. The van der Waals surface area contributed by atoms with Crippen LogP contribution in [-0.4, -0.2) is 40.0 Å². The first kappa shape index (κ1) is 21.6. The highest BCUT2D eigenvalue weighted by atomic mass is 16.1. The molecule has 0 aliphatic rings. The first-order valence-corrected chi connectivity index (χ1v) is 11.2. The number of aromatic nitrogens is 7. The van der Waals surface area contributed by atoms with E-state index in [0.29, 0.717) is 5.56 Å². The van der Waals surface area contributed by atoms with Crippen LogP contribution in [0.4, 0.5) is 0 Å². The maximum atomic E-state index is 11.7. The number of aryl methyl sites for hydroxylation is 2. The Morgan fingerprint density at radius 3 is 2.62 bits per heavy atom. The van der Waals surface area contributed by atoms with Crippen molar-refractivity contribution >= 4 is 16.9 Å². The standard InChI is InChI=1S/C25H26N8O/c1-5-16-10-17(24(26)34)6-7-20(16)33-25-22(23(30-33)15(2)3)21(8-9-27-25)32-13-19(28-14-32)18-11-29-31(4)12-18/h6-15H,5H2,1-4H3,(H2,26,34). The van der Waals surface area contributed by atoms with Crippen molar-refractivity contribution in [2.45, 2.75) is 33.1 Å². The molecule has 9 heteroatoms. The summed E-state index contributed by atoms with van der Waals surface area (Å²) in [5, 5.41) is 10.2. The van der Waals surface area contributed by atoms with E-state index >= 15 is 0 Å². The zero-order chi connectivity index (χ0) is 24.0. The molecule has 0 unspecified atom stereocenters. The number of fused-ring (bicyclic) bond motifs is 1. The topological polar surface area (TPSA) is 109 Å². The van der Waals surface area contributed by atoms with Crippen LogP contribution in [0.2, 0.25) is 0 Å². The number of amides is 1. The van der Waals surface area contributed by atoms with Gasteiger partial charge in [0, 0.05) is 36.8 Å². The van der Waals surface area contributed by atoms with Gasteiger partial charge in [-0.15, -0.1) is 0 Å². The van der Waals surface area contributed by atoms with E-state index in [4.69, 9.17) is 15.8 Å². The molecule has 0 atom stereocenters. The van der Waals surface area contributed by atoms with Gasteiger partial charge in [-0.25, -0.2) is 14.6 Å². The van der Waals surface area contributed by atoms with Crippen LogP contribution in [-0.2, 0) is 13.5 Å². The van der Waals surface area contributed by atoms with Crippen molar-refractivity contribution in [3.8, 4) is 22.6 Å². The molecule has 4 aromatic heterocycles. The van der Waals surface area contributed by atoms with Gasteiger partial charge in [-0.2, -0.15) is 10.2 Å². The maximum absolute atomic E-state index is 11.7. The van der Waals surface area contributed by atoms with Crippen LogP contribution in [0.5, 0.6) is 0 Å². The third kappa shape index (κ3) is 3.55. The summed E-state index contributed by atoms with van der Waals surface area (Å²) in [5.41, 5.74) is 12.3. The Hall–Kier alpha value is -4.27. The molecule has 0 saturated carbocycles. The van der Waals surface area contributed by atoms with Crippen LogP contribution in [0, 0.1) is 0 Å². The van der Waals surface area contributed by atoms with E-state index in [0.717, 1.165) is 51.3 Å². The lowest BCUT2D eigenvalue weighted by atomic mass is 10.1. The zero-order valence-electron chi connectivity index (χ0n) is 19.6. The first-order chi connectivity index (χ1) is 16.4. The molecule has 1 amide bonds. The van der Waals surface area contributed by atoms with Crippen molar-refractivity contribution in [3.63, 3.8) is 0 Å². The van der Waals surface area contributed by atoms with Crippen molar-refractivity contribution in [1.29, 1.82) is 0 Å². The summed E-state index contributed by atoms with van der Waals surface area (Å²) >= 11 is 0. The number of carbonyl (C=O) groups is 1. The van der Waals surface area contributed by atoms with Crippen LogP contribution in [0.3, 0.4) is 0 Å². The van der Waals surface area contributed by atoms with E-state index in [2.05, 4.69) is 23.9 Å². The summed E-state index contributed by atoms with van der Waals surface area (Å²) in [6.07, 6.45) is 10.0. The highest BCUT2D eigenvalue weighted by Crippen LogP contribution is 2.32. The monoisotopic (exact) mass is 454 g/mol. The quantitative estimate of drug-likeness (QED) is 0.420. The van der Waals surface area contributed by atoms with Gasteiger partial charge in [0.2, 0.25) is 5.91 Å². The van der Waals surface area contributed by atoms with Gasteiger partial charge in [0.05, 0.1) is 40.7 Å². The number of imidazole rings is 1. The van der Waals surface area contributed by atoms with Gasteiger partial charge >= 0.3 is 0 Å². The van der Waals surface area contributed by atoms with Crippen molar-refractivity contribution < 1.29 is 4.79 Å². The Labute approximate surface area is 196 Å². The normalized spacial score (nSPS) is 11.6. The molecule has 0 bridgehead atoms. The van der Waals surface area contributed by atoms with Gasteiger partial charge in [0.1, 0.15) is 0 Å². The van der Waals surface area contributed by atoms with E-state index in [1.165, 1.54) is 0 Å². The van der Waals surface area contributed by atoms with Gasteiger partial charge in [0.25, 0.3) is 0 Å². The fourth-order valence-electron chi connectivity index (χ4n) is 4.23. The minimum Gasteiger partial charge on any atom is -0.366 e. The zero-order valence-corrected chi connectivity index (χ0v) is 19.6. The van der Waals surface area contributed by atoms with Crippen LogP contribution < -0.4 is 5.73 Å². The molecule has 4 heterocycles. The Bertz CT molecular complexity index is 1520. The number of rotatable bonds is 6. The lowest BCUT2D eigenvalue weighted by Gasteiger charge is -2.10. The van der Waals surface area contributed by atoms with Gasteiger partial charge in [-0.3, -0.25) is 9.48 Å². The molecule has 5 rings (SSSR count). The average molecular weight is 455 g/mol. The van der Waals surface area contributed by atoms with Gasteiger partial charge in [-0.1, -0.05) is 20.8 Å². The summed E-state index contributed by atoms with van der Waals surface area (Å²) in [6.45, 7) is 6.28. The highest BCUT2D eigenvalue weighted by Gasteiger charge is 2.21. The number of nitrogens with two attached hydrogens (primary N) is 1. The number of pyridine rings is 1. The predicted octanol–water partition coefficient (Wildman–Crippen LogP) is 3.79. The largest absolute Gasteiger partial charge is 0.366 e. The molecule has 0 aliphatic heterocycles. The van der Waals surface area contributed by atoms with Crippen molar-refractivity contribution in [1.82, 2.24) is 34.1 Å². The molecule has 0 radical (unpaired) electrons. The molecule has 2 N–H and O–H groups in total.